The van der Waals surface area contributed by atoms with Crippen LogP contribution in [0.4, 0.5) is 0 Å². The Balaban J connectivity index is 2.17. The van der Waals surface area contributed by atoms with Gasteiger partial charge in [0, 0.05) is 0 Å². The van der Waals surface area contributed by atoms with Gasteiger partial charge in [0.15, 0.2) is 0 Å². The highest BCUT2D eigenvalue weighted by Crippen LogP contribution is 2.32. The van der Waals surface area contributed by atoms with Gasteiger partial charge in [-0.25, -0.2) is 0 Å². The van der Waals surface area contributed by atoms with Crippen LogP contribution in [-0.2, 0) is 6.61 Å². The number of benzene rings is 2. The Morgan fingerprint density at radius 3 is 2.28 bits per heavy atom. The molecule has 0 aliphatic rings. The summed E-state index contributed by atoms with van der Waals surface area (Å²) >= 11 is 3.43. The number of aliphatic hydroxyl groups excluding tert-OH is 1. The number of ether oxygens (including phenoxy) is 2. The molecular weight excluding hydrogens is 296 g/mol. The average molecular weight is 309 g/mol. The topological polar surface area (TPSA) is 38.7 Å². The lowest BCUT2D eigenvalue weighted by molar-refractivity contribution is 0.281. The molecule has 0 bridgehead atoms. The molecule has 0 spiro atoms. The van der Waals surface area contributed by atoms with E-state index < -0.39 is 0 Å². The Hall–Kier alpha value is -1.52. The minimum Gasteiger partial charge on any atom is -0.497 e. The quantitative estimate of drug-likeness (QED) is 0.935. The smallest absolute Gasteiger partial charge is 0.141 e. The molecule has 2 aromatic carbocycles. The van der Waals surface area contributed by atoms with Crippen LogP contribution in [0.1, 0.15) is 5.56 Å². The molecule has 18 heavy (non-hydrogen) atoms. The fourth-order valence-corrected chi connectivity index (χ4v) is 1.92. The number of methoxy groups -OCH3 is 1. The standard InChI is InChI=1S/C14H13BrO3/c1-17-12-6-7-14(13(15)8-12)18-11-4-2-10(9-16)3-5-11/h2-8,16H,9H2,1H3. The second-order valence-electron chi connectivity index (χ2n) is 3.70. The van der Waals surface area contributed by atoms with Gasteiger partial charge in [-0.2, -0.15) is 0 Å². The number of halogens is 1. The summed E-state index contributed by atoms with van der Waals surface area (Å²) in [6, 6.07) is 12.8. The maximum absolute atomic E-state index is 8.96. The van der Waals surface area contributed by atoms with Crippen molar-refractivity contribution in [1.29, 1.82) is 0 Å². The molecule has 0 amide bonds. The summed E-state index contributed by atoms with van der Waals surface area (Å²) in [6.45, 7) is 0.0342. The molecule has 0 saturated heterocycles. The number of rotatable bonds is 4. The van der Waals surface area contributed by atoms with Crippen LogP contribution in [0.5, 0.6) is 17.2 Å². The van der Waals surface area contributed by atoms with Crippen molar-refractivity contribution >= 4 is 15.9 Å². The molecule has 1 N–H and O–H groups in total. The van der Waals surface area contributed by atoms with E-state index in [0.717, 1.165) is 21.5 Å². The van der Waals surface area contributed by atoms with Gasteiger partial charge in [-0.3, -0.25) is 0 Å². The Labute approximate surface area is 114 Å². The predicted octanol–water partition coefficient (Wildman–Crippen LogP) is 3.74. The van der Waals surface area contributed by atoms with E-state index in [9.17, 15) is 0 Å². The van der Waals surface area contributed by atoms with Crippen molar-refractivity contribution < 1.29 is 14.6 Å². The molecule has 0 saturated carbocycles. The number of hydrogen-bond donors (Lipinski definition) is 1. The summed E-state index contributed by atoms with van der Waals surface area (Å²) < 4.78 is 11.7. The Kier molecular flexibility index (Phi) is 4.23. The van der Waals surface area contributed by atoms with Gasteiger partial charge in [-0.1, -0.05) is 12.1 Å². The molecule has 0 aliphatic carbocycles. The number of hydrogen-bond acceptors (Lipinski definition) is 3. The van der Waals surface area contributed by atoms with E-state index in [4.69, 9.17) is 14.6 Å². The van der Waals surface area contributed by atoms with Gasteiger partial charge in [0.05, 0.1) is 18.2 Å². The highest BCUT2D eigenvalue weighted by Gasteiger charge is 2.04. The first-order chi connectivity index (χ1) is 8.72. The van der Waals surface area contributed by atoms with Gasteiger partial charge in [-0.15, -0.1) is 0 Å². The normalized spacial score (nSPS) is 10.2. The zero-order valence-electron chi connectivity index (χ0n) is 9.89. The number of aliphatic hydroxyl groups is 1. The first-order valence-electron chi connectivity index (χ1n) is 5.44. The SMILES string of the molecule is COc1ccc(Oc2ccc(CO)cc2)c(Br)c1. The van der Waals surface area contributed by atoms with E-state index in [2.05, 4.69) is 15.9 Å². The summed E-state index contributed by atoms with van der Waals surface area (Å²) in [5.74, 6) is 2.20. The largest absolute Gasteiger partial charge is 0.497 e. The summed E-state index contributed by atoms with van der Waals surface area (Å²) in [5, 5.41) is 8.96. The lowest BCUT2D eigenvalue weighted by atomic mass is 10.2. The van der Waals surface area contributed by atoms with E-state index in [1.54, 1.807) is 7.11 Å². The first kappa shape index (κ1) is 12.9. The minimum atomic E-state index is 0.0342. The zero-order chi connectivity index (χ0) is 13.0. The molecule has 4 heteroatoms. The summed E-state index contributed by atoms with van der Waals surface area (Å²) in [7, 11) is 1.62. The third kappa shape index (κ3) is 3.03. The van der Waals surface area contributed by atoms with Crippen LogP contribution in [0, 0.1) is 0 Å². The van der Waals surface area contributed by atoms with Crippen LogP contribution in [-0.4, -0.2) is 12.2 Å². The molecule has 0 fully saturated rings. The summed E-state index contributed by atoms with van der Waals surface area (Å²) in [5.41, 5.74) is 0.858. The highest BCUT2D eigenvalue weighted by atomic mass is 79.9. The Morgan fingerprint density at radius 1 is 1.06 bits per heavy atom. The molecule has 94 valence electrons. The molecule has 0 heterocycles. The third-order valence-electron chi connectivity index (χ3n) is 2.47. The van der Waals surface area contributed by atoms with E-state index in [-0.39, 0.29) is 6.61 Å². The fraction of sp³-hybridized carbons (Fsp3) is 0.143. The van der Waals surface area contributed by atoms with Crippen molar-refractivity contribution in [2.24, 2.45) is 0 Å². The molecule has 3 nitrogen and oxygen atoms in total. The first-order valence-corrected chi connectivity index (χ1v) is 6.23. The van der Waals surface area contributed by atoms with Crippen molar-refractivity contribution in [3.8, 4) is 17.2 Å². The molecule has 0 aromatic heterocycles. The lowest BCUT2D eigenvalue weighted by Gasteiger charge is -2.09. The highest BCUT2D eigenvalue weighted by molar-refractivity contribution is 9.10. The summed E-state index contributed by atoms with van der Waals surface area (Å²) in [4.78, 5) is 0. The fourth-order valence-electron chi connectivity index (χ4n) is 1.48. The molecular formula is C14H13BrO3. The monoisotopic (exact) mass is 308 g/mol. The van der Waals surface area contributed by atoms with Crippen LogP contribution < -0.4 is 9.47 Å². The van der Waals surface area contributed by atoms with Gasteiger partial charge in [0.2, 0.25) is 0 Å². The third-order valence-corrected chi connectivity index (χ3v) is 3.09. The minimum absolute atomic E-state index is 0.0342. The van der Waals surface area contributed by atoms with Crippen molar-refractivity contribution in [2.45, 2.75) is 6.61 Å². The van der Waals surface area contributed by atoms with Crippen LogP contribution in [0.25, 0.3) is 0 Å². The Morgan fingerprint density at radius 2 is 1.72 bits per heavy atom. The van der Waals surface area contributed by atoms with E-state index in [0.29, 0.717) is 5.75 Å². The van der Waals surface area contributed by atoms with Gasteiger partial charge >= 0.3 is 0 Å². The van der Waals surface area contributed by atoms with Gasteiger partial charge < -0.3 is 14.6 Å². The van der Waals surface area contributed by atoms with Crippen molar-refractivity contribution in [3.05, 3.63) is 52.5 Å². The van der Waals surface area contributed by atoms with E-state index in [1.807, 2.05) is 42.5 Å². The van der Waals surface area contributed by atoms with Crippen molar-refractivity contribution in [1.82, 2.24) is 0 Å². The van der Waals surface area contributed by atoms with Crippen LogP contribution >= 0.6 is 15.9 Å². The second kappa shape index (κ2) is 5.89. The molecule has 0 unspecified atom stereocenters. The lowest BCUT2D eigenvalue weighted by Crippen LogP contribution is -1.88. The zero-order valence-corrected chi connectivity index (χ0v) is 11.5. The molecule has 0 aliphatic heterocycles. The molecule has 0 radical (unpaired) electrons. The van der Waals surface area contributed by atoms with E-state index >= 15 is 0 Å². The predicted molar refractivity (Wildman–Crippen MR) is 73.1 cm³/mol. The maximum atomic E-state index is 8.96. The van der Waals surface area contributed by atoms with Gasteiger partial charge in [-0.05, 0) is 51.8 Å². The van der Waals surface area contributed by atoms with Crippen molar-refractivity contribution in [2.75, 3.05) is 7.11 Å². The van der Waals surface area contributed by atoms with Crippen molar-refractivity contribution in [3.63, 3.8) is 0 Å². The van der Waals surface area contributed by atoms with Crippen LogP contribution in [0.15, 0.2) is 46.9 Å². The average Bonchev–Trinajstić information content (AvgIpc) is 2.42. The maximum Gasteiger partial charge on any atom is 0.141 e. The van der Waals surface area contributed by atoms with E-state index in [1.165, 1.54) is 0 Å². The van der Waals surface area contributed by atoms with Crippen LogP contribution in [0.3, 0.4) is 0 Å². The molecule has 2 aromatic rings. The molecule has 2 rings (SSSR count). The summed E-state index contributed by atoms with van der Waals surface area (Å²) in [6.07, 6.45) is 0. The second-order valence-corrected chi connectivity index (χ2v) is 4.55. The van der Waals surface area contributed by atoms with Gasteiger partial charge in [0.1, 0.15) is 17.2 Å². The molecule has 0 atom stereocenters. The Bertz CT molecular complexity index is 523. The van der Waals surface area contributed by atoms with Gasteiger partial charge in [0.25, 0.3) is 0 Å². The van der Waals surface area contributed by atoms with Crippen LogP contribution in [0.2, 0.25) is 0 Å².